The summed E-state index contributed by atoms with van der Waals surface area (Å²) in [6.07, 6.45) is -5.27. The summed E-state index contributed by atoms with van der Waals surface area (Å²) in [6, 6.07) is 3.53. The number of halogens is 7. The van der Waals surface area contributed by atoms with Gasteiger partial charge in [0.1, 0.15) is 17.0 Å². The van der Waals surface area contributed by atoms with E-state index >= 15 is 4.39 Å². The number of hydrogen-bond acceptors (Lipinski definition) is 6. The van der Waals surface area contributed by atoms with Crippen molar-refractivity contribution in [2.75, 3.05) is 11.9 Å². The Balaban J connectivity index is 1.53. The van der Waals surface area contributed by atoms with Crippen LogP contribution in [0.25, 0.3) is 11.2 Å². The highest BCUT2D eigenvalue weighted by Crippen LogP contribution is 2.41. The van der Waals surface area contributed by atoms with Gasteiger partial charge in [0, 0.05) is 31.0 Å². The van der Waals surface area contributed by atoms with E-state index in [-0.39, 0.29) is 71.8 Å². The highest BCUT2D eigenvalue weighted by Gasteiger charge is 2.41. The monoisotopic (exact) mass is 673 g/mol. The molecule has 0 saturated heterocycles. The van der Waals surface area contributed by atoms with Gasteiger partial charge in [0.25, 0.3) is 6.43 Å². The summed E-state index contributed by atoms with van der Waals surface area (Å²) in [7, 11) is 1.46. The van der Waals surface area contributed by atoms with Gasteiger partial charge in [-0.05, 0) is 50.2 Å². The molecule has 1 aliphatic carbocycles. The van der Waals surface area contributed by atoms with Crippen LogP contribution in [0.1, 0.15) is 81.6 Å². The van der Waals surface area contributed by atoms with Crippen molar-refractivity contribution in [3.05, 3.63) is 41.0 Å². The van der Waals surface area contributed by atoms with Crippen LogP contribution in [0.5, 0.6) is 5.88 Å². The molecule has 1 saturated carbocycles. The number of rotatable bonds is 12. The Labute approximate surface area is 267 Å². The molecule has 47 heavy (non-hydrogen) atoms. The summed E-state index contributed by atoms with van der Waals surface area (Å²) in [5.74, 6) is -4.43. The van der Waals surface area contributed by atoms with Crippen LogP contribution in [-0.2, 0) is 18.4 Å². The predicted molar refractivity (Wildman–Crippen MR) is 161 cm³/mol. The zero-order valence-corrected chi connectivity index (χ0v) is 26.5. The Morgan fingerprint density at radius 3 is 2.36 bits per heavy atom. The van der Waals surface area contributed by atoms with E-state index in [1.165, 1.54) is 23.7 Å². The number of nitrogens with one attached hydrogen (secondary N) is 2. The number of ether oxygens (including phenoxy) is 1. The summed E-state index contributed by atoms with van der Waals surface area (Å²) < 4.78 is 102. The van der Waals surface area contributed by atoms with Gasteiger partial charge in [-0.2, -0.15) is 18.2 Å². The molecule has 258 valence electrons. The van der Waals surface area contributed by atoms with Gasteiger partial charge in [0.2, 0.25) is 17.7 Å². The molecule has 1 amide bonds. The SMILES string of the molecule is Cn1c(Nc2c(F)ccc(CNC(=O)C(C)(C)C)c2F)nc2cc(C(=O)CCCC3CCC(C(F)(F)F)CC3)c(OCC(F)F)nc21. The summed E-state index contributed by atoms with van der Waals surface area (Å²) in [4.78, 5) is 34.0. The first-order valence-corrected chi connectivity index (χ1v) is 15.4. The Morgan fingerprint density at radius 2 is 1.74 bits per heavy atom. The maximum atomic E-state index is 15.4. The second-order valence-corrected chi connectivity index (χ2v) is 12.9. The van der Waals surface area contributed by atoms with E-state index in [2.05, 4.69) is 20.6 Å². The minimum Gasteiger partial charge on any atom is -0.471 e. The van der Waals surface area contributed by atoms with Gasteiger partial charge in [-0.25, -0.2) is 22.5 Å². The second kappa shape index (κ2) is 14.5. The molecule has 2 aromatic heterocycles. The molecule has 0 bridgehead atoms. The number of nitrogens with zero attached hydrogens (tertiary/aromatic N) is 3. The number of benzene rings is 1. The minimum absolute atomic E-state index is 0.00681. The number of pyridine rings is 1. The van der Waals surface area contributed by atoms with Crippen molar-refractivity contribution < 1.29 is 45.1 Å². The van der Waals surface area contributed by atoms with Crippen molar-refractivity contribution in [2.45, 2.75) is 84.9 Å². The van der Waals surface area contributed by atoms with Crippen LogP contribution in [0.4, 0.5) is 42.4 Å². The number of carbonyl (C=O) groups is 2. The number of fused-ring (bicyclic) bond motifs is 1. The van der Waals surface area contributed by atoms with Gasteiger partial charge >= 0.3 is 6.18 Å². The van der Waals surface area contributed by atoms with Crippen LogP contribution in [0.2, 0.25) is 0 Å². The summed E-state index contributed by atoms with van der Waals surface area (Å²) in [5.41, 5.74) is -1.20. The largest absolute Gasteiger partial charge is 0.471 e. The topological polar surface area (TPSA) is 98.1 Å². The average Bonchev–Trinajstić information content (AvgIpc) is 3.30. The molecule has 2 heterocycles. The molecule has 0 spiro atoms. The molecule has 3 aromatic rings. The first-order valence-electron chi connectivity index (χ1n) is 15.4. The molecule has 15 heteroatoms. The first kappa shape index (κ1) is 35.9. The fraction of sp³-hybridized carbons (Fsp3) is 0.562. The third-order valence-electron chi connectivity index (χ3n) is 8.31. The Bertz CT molecular complexity index is 1590. The van der Waals surface area contributed by atoms with Gasteiger partial charge in [0.05, 0.1) is 11.5 Å². The van der Waals surface area contributed by atoms with E-state index in [9.17, 15) is 35.9 Å². The van der Waals surface area contributed by atoms with E-state index < -0.39 is 53.6 Å². The average molecular weight is 674 g/mol. The highest BCUT2D eigenvalue weighted by atomic mass is 19.4. The standard InChI is InChI=1S/C32H38F7N5O3/c1-31(2,3)29(46)40-15-18-10-13-21(33)26(25(18)36)42-30-41-22-14-20(28(47-16-24(34)35)43-27(22)44(30)4)23(45)7-5-6-17-8-11-19(12-9-17)32(37,38)39/h10,13-14,17,19,24H,5-9,11-12,15-16H2,1-4H3,(H,40,46)(H,41,42). The van der Waals surface area contributed by atoms with Crippen molar-refractivity contribution in [3.8, 4) is 5.88 Å². The van der Waals surface area contributed by atoms with Gasteiger partial charge in [-0.3, -0.25) is 14.2 Å². The van der Waals surface area contributed by atoms with Crippen LogP contribution in [0.15, 0.2) is 18.2 Å². The quantitative estimate of drug-likeness (QED) is 0.149. The molecule has 0 atom stereocenters. The molecule has 2 N–H and O–H groups in total. The number of anilines is 2. The number of hydrogen-bond donors (Lipinski definition) is 2. The number of imidazole rings is 1. The maximum absolute atomic E-state index is 15.4. The normalized spacial score (nSPS) is 17.3. The van der Waals surface area contributed by atoms with Crippen molar-refractivity contribution in [2.24, 2.45) is 24.3 Å². The summed E-state index contributed by atoms with van der Waals surface area (Å²) in [5, 5.41) is 5.20. The van der Waals surface area contributed by atoms with Crippen molar-refractivity contribution in [1.82, 2.24) is 19.9 Å². The van der Waals surface area contributed by atoms with Crippen LogP contribution in [0, 0.1) is 28.9 Å². The lowest BCUT2D eigenvalue weighted by atomic mass is 9.79. The van der Waals surface area contributed by atoms with Gasteiger partial charge < -0.3 is 15.4 Å². The fourth-order valence-corrected chi connectivity index (χ4v) is 5.52. The Kier molecular flexibility index (Phi) is 11.1. The summed E-state index contributed by atoms with van der Waals surface area (Å²) >= 11 is 0. The number of ketones is 1. The molecule has 8 nitrogen and oxygen atoms in total. The minimum atomic E-state index is -4.21. The lowest BCUT2D eigenvalue weighted by Crippen LogP contribution is -2.34. The van der Waals surface area contributed by atoms with E-state index in [4.69, 9.17) is 4.74 Å². The molecular weight excluding hydrogens is 635 g/mol. The third kappa shape index (κ3) is 8.92. The molecular formula is C32H38F7N5O3. The highest BCUT2D eigenvalue weighted by molar-refractivity contribution is 6.00. The molecule has 0 aliphatic heterocycles. The number of Topliss-reactive ketones (excluding diaryl/α,β-unsaturated/α-hetero) is 1. The number of aryl methyl sites for hydroxylation is 1. The number of carbonyl (C=O) groups excluding carboxylic acids is 2. The lowest BCUT2D eigenvalue weighted by molar-refractivity contribution is -0.184. The molecule has 0 unspecified atom stereocenters. The number of alkyl halides is 5. The second-order valence-electron chi connectivity index (χ2n) is 12.9. The molecule has 1 fully saturated rings. The van der Waals surface area contributed by atoms with Crippen LogP contribution >= 0.6 is 0 Å². The van der Waals surface area contributed by atoms with E-state index in [1.807, 2.05) is 0 Å². The molecule has 0 radical (unpaired) electrons. The van der Waals surface area contributed by atoms with Crippen LogP contribution in [-0.4, -0.2) is 45.4 Å². The smallest absolute Gasteiger partial charge is 0.391 e. The third-order valence-corrected chi connectivity index (χ3v) is 8.31. The molecule has 1 aliphatic rings. The predicted octanol–water partition coefficient (Wildman–Crippen LogP) is 8.02. The Hall–Kier alpha value is -3.91. The van der Waals surface area contributed by atoms with Crippen LogP contribution < -0.4 is 15.4 Å². The van der Waals surface area contributed by atoms with Gasteiger partial charge in [0.15, 0.2) is 23.9 Å². The Morgan fingerprint density at radius 1 is 1.06 bits per heavy atom. The number of amides is 1. The van der Waals surface area contributed by atoms with E-state index in [0.717, 1.165) is 6.07 Å². The zero-order valence-electron chi connectivity index (χ0n) is 26.5. The van der Waals surface area contributed by atoms with E-state index in [0.29, 0.717) is 25.7 Å². The first-order chi connectivity index (χ1) is 22.0. The van der Waals surface area contributed by atoms with Crippen molar-refractivity contribution >= 4 is 34.5 Å². The van der Waals surface area contributed by atoms with Crippen LogP contribution in [0.3, 0.4) is 0 Å². The van der Waals surface area contributed by atoms with Crippen molar-refractivity contribution in [1.29, 1.82) is 0 Å². The molecule has 1 aromatic carbocycles. The fourth-order valence-electron chi connectivity index (χ4n) is 5.52. The number of aromatic nitrogens is 3. The maximum Gasteiger partial charge on any atom is 0.391 e. The summed E-state index contributed by atoms with van der Waals surface area (Å²) in [6.45, 7) is 3.82. The van der Waals surface area contributed by atoms with Gasteiger partial charge in [-0.1, -0.05) is 33.3 Å². The van der Waals surface area contributed by atoms with Gasteiger partial charge in [-0.15, -0.1) is 0 Å². The van der Waals surface area contributed by atoms with E-state index in [1.54, 1.807) is 20.8 Å². The van der Waals surface area contributed by atoms with Crippen molar-refractivity contribution in [3.63, 3.8) is 0 Å². The lowest BCUT2D eigenvalue weighted by Gasteiger charge is -2.29. The zero-order chi connectivity index (χ0) is 34.7. The molecule has 4 rings (SSSR count).